The molecule has 0 aliphatic carbocycles. The van der Waals surface area contributed by atoms with Crippen LogP contribution in [0.2, 0.25) is 0 Å². The second-order valence-corrected chi connectivity index (χ2v) is 5.13. The summed E-state index contributed by atoms with van der Waals surface area (Å²) in [5.74, 6) is 0.403. The number of fused-ring (bicyclic) bond motifs is 1. The zero-order valence-electron chi connectivity index (χ0n) is 11.5. The van der Waals surface area contributed by atoms with Gasteiger partial charge in [0.2, 0.25) is 0 Å². The fourth-order valence-electron chi connectivity index (χ4n) is 2.65. The van der Waals surface area contributed by atoms with Gasteiger partial charge in [0, 0.05) is 20.1 Å². The number of benzene rings is 1. The van der Waals surface area contributed by atoms with Gasteiger partial charge >= 0.3 is 0 Å². The highest BCUT2D eigenvalue weighted by molar-refractivity contribution is 5.98. The Morgan fingerprint density at radius 2 is 1.80 bits per heavy atom. The number of nitrogen functional groups attached to an aromatic ring is 1. The molecular weight excluding hydrogens is 252 g/mol. The van der Waals surface area contributed by atoms with E-state index in [0.29, 0.717) is 11.4 Å². The van der Waals surface area contributed by atoms with E-state index in [1.54, 1.807) is 13.2 Å². The van der Waals surface area contributed by atoms with Crippen LogP contribution in [0.1, 0.15) is 21.5 Å². The van der Waals surface area contributed by atoms with Crippen LogP contribution in [0.4, 0.5) is 5.82 Å². The Morgan fingerprint density at radius 1 is 1.20 bits per heavy atom. The quantitative estimate of drug-likeness (QED) is 0.848. The minimum Gasteiger partial charge on any atom is -0.383 e. The van der Waals surface area contributed by atoms with Gasteiger partial charge in [-0.2, -0.15) is 5.10 Å². The van der Waals surface area contributed by atoms with Crippen molar-refractivity contribution in [2.45, 2.75) is 12.8 Å². The first-order valence-corrected chi connectivity index (χ1v) is 6.80. The van der Waals surface area contributed by atoms with E-state index in [1.807, 2.05) is 4.90 Å². The molecule has 0 radical (unpaired) electrons. The SMILES string of the molecule is Cn1ncc(C(=O)N2CCc3ccccc3CC2)c1N. The van der Waals surface area contributed by atoms with Gasteiger partial charge < -0.3 is 10.6 Å². The first-order valence-electron chi connectivity index (χ1n) is 6.80. The number of anilines is 1. The topological polar surface area (TPSA) is 64.2 Å². The second-order valence-electron chi connectivity index (χ2n) is 5.13. The van der Waals surface area contributed by atoms with Gasteiger partial charge in [-0.1, -0.05) is 24.3 Å². The lowest BCUT2D eigenvalue weighted by molar-refractivity contribution is 0.0764. The van der Waals surface area contributed by atoms with Crippen molar-refractivity contribution in [1.82, 2.24) is 14.7 Å². The molecule has 0 unspecified atom stereocenters. The van der Waals surface area contributed by atoms with Gasteiger partial charge in [0.15, 0.2) is 0 Å². The maximum absolute atomic E-state index is 12.5. The molecule has 0 saturated carbocycles. The van der Waals surface area contributed by atoms with Crippen molar-refractivity contribution >= 4 is 11.7 Å². The van der Waals surface area contributed by atoms with Crippen molar-refractivity contribution in [3.63, 3.8) is 0 Å². The molecular formula is C15H18N4O. The molecule has 1 aromatic carbocycles. The zero-order chi connectivity index (χ0) is 14.1. The number of aryl methyl sites for hydroxylation is 1. The smallest absolute Gasteiger partial charge is 0.259 e. The molecule has 1 aliphatic rings. The highest BCUT2D eigenvalue weighted by Crippen LogP contribution is 2.19. The normalized spacial score (nSPS) is 14.8. The molecule has 20 heavy (non-hydrogen) atoms. The number of rotatable bonds is 1. The molecule has 1 amide bonds. The minimum absolute atomic E-state index is 0.0246. The number of nitrogens with zero attached hydrogens (tertiary/aromatic N) is 3. The van der Waals surface area contributed by atoms with Gasteiger partial charge in [0.05, 0.1) is 6.20 Å². The molecule has 1 aromatic heterocycles. The van der Waals surface area contributed by atoms with Crippen molar-refractivity contribution in [2.24, 2.45) is 7.05 Å². The Hall–Kier alpha value is -2.30. The van der Waals surface area contributed by atoms with Crippen molar-refractivity contribution < 1.29 is 4.79 Å². The summed E-state index contributed by atoms with van der Waals surface area (Å²) in [6.45, 7) is 1.45. The fourth-order valence-corrected chi connectivity index (χ4v) is 2.65. The third-order valence-electron chi connectivity index (χ3n) is 3.92. The monoisotopic (exact) mass is 270 g/mol. The molecule has 104 valence electrons. The molecule has 0 spiro atoms. The first-order chi connectivity index (χ1) is 9.66. The number of hydrogen-bond acceptors (Lipinski definition) is 3. The predicted octanol–water partition coefficient (Wildman–Crippen LogP) is 1.24. The maximum Gasteiger partial charge on any atom is 0.259 e. The van der Waals surface area contributed by atoms with Crippen molar-refractivity contribution in [1.29, 1.82) is 0 Å². The average Bonchev–Trinajstić information content (AvgIpc) is 2.68. The Bertz CT molecular complexity index is 620. The summed E-state index contributed by atoms with van der Waals surface area (Å²) in [6, 6.07) is 8.38. The maximum atomic E-state index is 12.5. The molecule has 2 N–H and O–H groups in total. The molecule has 0 saturated heterocycles. The minimum atomic E-state index is -0.0246. The van der Waals surface area contributed by atoms with Crippen LogP contribution in [0.15, 0.2) is 30.5 Å². The van der Waals surface area contributed by atoms with E-state index in [1.165, 1.54) is 15.8 Å². The molecule has 2 heterocycles. The lowest BCUT2D eigenvalue weighted by Crippen LogP contribution is -2.33. The first kappa shape index (κ1) is 12.7. The van der Waals surface area contributed by atoms with Crippen molar-refractivity contribution in [3.05, 3.63) is 47.2 Å². The lowest BCUT2D eigenvalue weighted by Gasteiger charge is -2.19. The zero-order valence-corrected chi connectivity index (χ0v) is 11.5. The predicted molar refractivity (Wildman–Crippen MR) is 77.4 cm³/mol. The van der Waals surface area contributed by atoms with Crippen molar-refractivity contribution in [2.75, 3.05) is 18.8 Å². The standard InChI is InChI=1S/C15H18N4O/c1-18-14(16)13(10-17-18)15(20)19-8-6-11-4-2-3-5-12(11)7-9-19/h2-5,10H,6-9,16H2,1H3. The fraction of sp³-hybridized carbons (Fsp3) is 0.333. The summed E-state index contributed by atoms with van der Waals surface area (Å²) in [4.78, 5) is 14.4. The number of aromatic nitrogens is 2. The Balaban J connectivity index is 1.80. The van der Waals surface area contributed by atoms with Crippen LogP contribution in [0.5, 0.6) is 0 Å². The Kier molecular flexibility index (Phi) is 3.18. The van der Waals surface area contributed by atoms with Crippen LogP contribution in [-0.2, 0) is 19.9 Å². The summed E-state index contributed by atoms with van der Waals surface area (Å²) in [5, 5.41) is 4.04. The Labute approximate surface area is 118 Å². The number of hydrogen-bond donors (Lipinski definition) is 1. The largest absolute Gasteiger partial charge is 0.383 e. The molecule has 1 aliphatic heterocycles. The third kappa shape index (κ3) is 2.15. The van der Waals surface area contributed by atoms with Crippen LogP contribution in [0.25, 0.3) is 0 Å². The molecule has 0 bridgehead atoms. The highest BCUT2D eigenvalue weighted by atomic mass is 16.2. The van der Waals surface area contributed by atoms with E-state index in [-0.39, 0.29) is 5.91 Å². The average molecular weight is 270 g/mol. The van der Waals surface area contributed by atoms with Crippen LogP contribution in [0.3, 0.4) is 0 Å². The van der Waals surface area contributed by atoms with E-state index < -0.39 is 0 Å². The molecule has 2 aromatic rings. The van der Waals surface area contributed by atoms with Gasteiger partial charge in [-0.3, -0.25) is 9.48 Å². The van der Waals surface area contributed by atoms with Crippen molar-refractivity contribution in [3.8, 4) is 0 Å². The summed E-state index contributed by atoms with van der Waals surface area (Å²) in [5.41, 5.74) is 9.06. The van der Waals surface area contributed by atoms with Gasteiger partial charge in [-0.15, -0.1) is 0 Å². The van der Waals surface area contributed by atoms with E-state index >= 15 is 0 Å². The van der Waals surface area contributed by atoms with E-state index in [2.05, 4.69) is 29.4 Å². The van der Waals surface area contributed by atoms with Gasteiger partial charge in [-0.05, 0) is 24.0 Å². The number of nitrogens with two attached hydrogens (primary N) is 1. The van der Waals surface area contributed by atoms with Crippen LogP contribution < -0.4 is 5.73 Å². The van der Waals surface area contributed by atoms with Crippen LogP contribution in [-0.4, -0.2) is 33.7 Å². The van der Waals surface area contributed by atoms with Crippen LogP contribution >= 0.6 is 0 Å². The molecule has 0 atom stereocenters. The van der Waals surface area contributed by atoms with E-state index in [4.69, 9.17) is 5.73 Å². The molecule has 3 rings (SSSR count). The third-order valence-corrected chi connectivity index (χ3v) is 3.92. The van der Waals surface area contributed by atoms with E-state index in [0.717, 1.165) is 25.9 Å². The number of amides is 1. The summed E-state index contributed by atoms with van der Waals surface area (Å²) < 4.78 is 1.53. The van der Waals surface area contributed by atoms with Gasteiger partial charge in [-0.25, -0.2) is 0 Å². The van der Waals surface area contributed by atoms with Crippen LogP contribution in [0, 0.1) is 0 Å². The lowest BCUT2D eigenvalue weighted by atomic mass is 10.0. The molecule has 5 heteroatoms. The highest BCUT2D eigenvalue weighted by Gasteiger charge is 2.22. The van der Waals surface area contributed by atoms with E-state index in [9.17, 15) is 4.79 Å². The molecule has 0 fully saturated rings. The van der Waals surface area contributed by atoms with Gasteiger partial charge in [0.1, 0.15) is 11.4 Å². The summed E-state index contributed by atoms with van der Waals surface area (Å²) in [7, 11) is 1.74. The number of carbonyl (C=O) groups is 1. The Morgan fingerprint density at radius 3 is 2.30 bits per heavy atom. The second kappa shape index (κ2) is 5.00. The number of carbonyl (C=O) groups excluding carboxylic acids is 1. The molecule has 5 nitrogen and oxygen atoms in total. The summed E-state index contributed by atoms with van der Waals surface area (Å²) >= 11 is 0. The summed E-state index contributed by atoms with van der Waals surface area (Å²) in [6.07, 6.45) is 3.33. The van der Waals surface area contributed by atoms with Gasteiger partial charge in [0.25, 0.3) is 5.91 Å².